The lowest BCUT2D eigenvalue weighted by atomic mass is 10.0. The van der Waals surface area contributed by atoms with E-state index in [1.807, 2.05) is 37.2 Å². The summed E-state index contributed by atoms with van der Waals surface area (Å²) in [7, 11) is 1.83. The molecule has 0 bridgehead atoms. The first-order valence-electron chi connectivity index (χ1n) is 9.56. The van der Waals surface area contributed by atoms with Gasteiger partial charge in [-0.15, -0.1) is 11.3 Å². The largest absolute Gasteiger partial charge is 0.370 e. The maximum Gasteiger partial charge on any atom is 0.264 e. The first-order valence-corrected chi connectivity index (χ1v) is 10.4. The highest BCUT2D eigenvalue weighted by molar-refractivity contribution is 7.12. The molecule has 1 unspecified atom stereocenters. The molecule has 0 aliphatic carbocycles. The Morgan fingerprint density at radius 1 is 1.29 bits per heavy atom. The molecule has 5 nitrogen and oxygen atoms in total. The molecule has 0 radical (unpaired) electrons. The van der Waals surface area contributed by atoms with Gasteiger partial charge in [0.2, 0.25) is 5.91 Å². The SMILES string of the molecule is CC(C)N(C)c1ccc(NC(=O)C2CCCCN2C(=O)c2cccs2)cc1F. The van der Waals surface area contributed by atoms with Gasteiger partial charge in [-0.3, -0.25) is 9.59 Å². The van der Waals surface area contributed by atoms with E-state index in [9.17, 15) is 14.0 Å². The number of thiophene rings is 1. The average molecular weight is 404 g/mol. The Bertz CT molecular complexity index is 838. The predicted octanol–water partition coefficient (Wildman–Crippen LogP) is 4.37. The topological polar surface area (TPSA) is 52.7 Å². The molecule has 1 fully saturated rings. The summed E-state index contributed by atoms with van der Waals surface area (Å²) in [5, 5.41) is 4.64. The van der Waals surface area contributed by atoms with Crippen molar-refractivity contribution in [1.29, 1.82) is 0 Å². The molecule has 0 spiro atoms. The van der Waals surface area contributed by atoms with Crippen LogP contribution < -0.4 is 10.2 Å². The summed E-state index contributed by atoms with van der Waals surface area (Å²) in [5.41, 5.74) is 0.887. The van der Waals surface area contributed by atoms with Crippen LogP contribution in [0.3, 0.4) is 0 Å². The Kier molecular flexibility index (Phi) is 6.34. The number of likely N-dealkylation sites (tertiary alicyclic amines) is 1. The highest BCUT2D eigenvalue weighted by Crippen LogP contribution is 2.26. The van der Waals surface area contributed by atoms with Gasteiger partial charge in [-0.25, -0.2) is 4.39 Å². The van der Waals surface area contributed by atoms with Gasteiger partial charge in [-0.2, -0.15) is 0 Å². The summed E-state index contributed by atoms with van der Waals surface area (Å²) in [4.78, 5) is 29.7. The van der Waals surface area contributed by atoms with Crippen LogP contribution in [0.4, 0.5) is 15.8 Å². The zero-order valence-electron chi connectivity index (χ0n) is 16.4. The van der Waals surface area contributed by atoms with E-state index in [1.165, 1.54) is 17.4 Å². The molecule has 2 heterocycles. The molecular weight excluding hydrogens is 377 g/mol. The van der Waals surface area contributed by atoms with Crippen molar-refractivity contribution in [2.45, 2.75) is 45.2 Å². The van der Waals surface area contributed by atoms with Crippen molar-refractivity contribution < 1.29 is 14.0 Å². The second kappa shape index (κ2) is 8.73. The van der Waals surface area contributed by atoms with Crippen molar-refractivity contribution in [3.8, 4) is 0 Å². The molecule has 2 amide bonds. The van der Waals surface area contributed by atoms with E-state index in [2.05, 4.69) is 5.32 Å². The number of rotatable bonds is 5. The fourth-order valence-corrected chi connectivity index (χ4v) is 4.04. The molecule has 1 atom stereocenters. The van der Waals surface area contributed by atoms with E-state index in [0.717, 1.165) is 12.8 Å². The molecular formula is C21H26FN3O2S. The summed E-state index contributed by atoms with van der Waals surface area (Å²) in [5.74, 6) is -0.770. The second-order valence-corrected chi connectivity index (χ2v) is 8.30. The minimum Gasteiger partial charge on any atom is -0.370 e. The minimum absolute atomic E-state index is 0.116. The van der Waals surface area contributed by atoms with Gasteiger partial charge in [0.1, 0.15) is 11.9 Å². The standard InChI is InChI=1S/C21H26FN3O2S/c1-14(2)24(3)17-10-9-15(13-16(17)22)23-20(26)18-7-4-5-11-25(18)21(27)19-8-6-12-28-19/h6,8-10,12-14,18H,4-5,7,11H2,1-3H3,(H,23,26). The Balaban J connectivity index is 1.74. The fourth-order valence-electron chi connectivity index (χ4n) is 3.36. The molecule has 7 heteroatoms. The summed E-state index contributed by atoms with van der Waals surface area (Å²) in [6.07, 6.45) is 2.38. The number of benzene rings is 1. The number of nitrogens with one attached hydrogen (secondary N) is 1. The van der Waals surface area contributed by atoms with E-state index in [4.69, 9.17) is 0 Å². The normalized spacial score (nSPS) is 16.9. The Labute approximate surface area is 169 Å². The quantitative estimate of drug-likeness (QED) is 0.807. The van der Waals surface area contributed by atoms with Crippen molar-refractivity contribution in [2.75, 3.05) is 23.8 Å². The number of halogens is 1. The predicted molar refractivity (Wildman–Crippen MR) is 112 cm³/mol. The molecule has 150 valence electrons. The van der Waals surface area contributed by atoms with Gasteiger partial charge in [0.05, 0.1) is 10.6 Å². The van der Waals surface area contributed by atoms with Crippen LogP contribution >= 0.6 is 11.3 Å². The summed E-state index contributed by atoms with van der Waals surface area (Å²) >= 11 is 1.37. The molecule has 1 aliphatic rings. The molecule has 1 N–H and O–H groups in total. The smallest absolute Gasteiger partial charge is 0.264 e. The Morgan fingerprint density at radius 3 is 2.71 bits per heavy atom. The van der Waals surface area contributed by atoms with Crippen LogP contribution in [0.2, 0.25) is 0 Å². The fraction of sp³-hybridized carbons (Fsp3) is 0.429. The van der Waals surface area contributed by atoms with Crippen molar-refractivity contribution >= 4 is 34.5 Å². The number of carbonyl (C=O) groups is 2. The molecule has 1 saturated heterocycles. The van der Waals surface area contributed by atoms with E-state index >= 15 is 0 Å². The maximum absolute atomic E-state index is 14.5. The number of hydrogen-bond donors (Lipinski definition) is 1. The molecule has 1 aromatic heterocycles. The van der Waals surface area contributed by atoms with Gasteiger partial charge in [-0.05, 0) is 62.8 Å². The lowest BCUT2D eigenvalue weighted by Gasteiger charge is -2.34. The van der Waals surface area contributed by atoms with Crippen LogP contribution in [0.25, 0.3) is 0 Å². The molecule has 1 aromatic carbocycles. The lowest BCUT2D eigenvalue weighted by molar-refractivity contribution is -0.121. The van der Waals surface area contributed by atoms with Crippen LogP contribution in [0.1, 0.15) is 42.8 Å². The van der Waals surface area contributed by atoms with Gasteiger partial charge < -0.3 is 15.1 Å². The number of anilines is 2. The molecule has 3 rings (SSSR count). The summed E-state index contributed by atoms with van der Waals surface area (Å²) in [6, 6.07) is 7.92. The average Bonchev–Trinajstić information content (AvgIpc) is 3.21. The van der Waals surface area contributed by atoms with Gasteiger partial charge in [0.25, 0.3) is 5.91 Å². The third kappa shape index (κ3) is 4.35. The molecule has 0 saturated carbocycles. The van der Waals surface area contributed by atoms with Crippen LogP contribution in [-0.4, -0.2) is 42.4 Å². The van der Waals surface area contributed by atoms with E-state index in [-0.39, 0.29) is 23.7 Å². The zero-order chi connectivity index (χ0) is 20.3. The monoisotopic (exact) mass is 403 g/mol. The van der Waals surface area contributed by atoms with Crippen LogP contribution in [0, 0.1) is 5.82 Å². The summed E-state index contributed by atoms with van der Waals surface area (Å²) < 4.78 is 14.5. The van der Waals surface area contributed by atoms with Crippen molar-refractivity contribution in [3.05, 3.63) is 46.4 Å². The Hall–Kier alpha value is -2.41. The highest BCUT2D eigenvalue weighted by Gasteiger charge is 2.33. The number of carbonyl (C=O) groups excluding carboxylic acids is 2. The van der Waals surface area contributed by atoms with Gasteiger partial charge in [0.15, 0.2) is 0 Å². The van der Waals surface area contributed by atoms with Crippen molar-refractivity contribution in [3.63, 3.8) is 0 Å². The van der Waals surface area contributed by atoms with Gasteiger partial charge in [-0.1, -0.05) is 6.07 Å². The van der Waals surface area contributed by atoms with Crippen molar-refractivity contribution in [2.24, 2.45) is 0 Å². The highest BCUT2D eigenvalue weighted by atomic mass is 32.1. The van der Waals surface area contributed by atoms with Crippen LogP contribution in [0.15, 0.2) is 35.7 Å². The zero-order valence-corrected chi connectivity index (χ0v) is 17.3. The number of piperidine rings is 1. The third-order valence-electron chi connectivity index (χ3n) is 5.17. The maximum atomic E-state index is 14.5. The number of amides is 2. The molecule has 1 aliphatic heterocycles. The third-order valence-corrected chi connectivity index (χ3v) is 6.03. The van der Waals surface area contributed by atoms with Crippen LogP contribution in [-0.2, 0) is 4.79 Å². The molecule has 28 heavy (non-hydrogen) atoms. The van der Waals surface area contributed by atoms with Crippen LogP contribution in [0.5, 0.6) is 0 Å². The molecule has 2 aromatic rings. The summed E-state index contributed by atoms with van der Waals surface area (Å²) in [6.45, 7) is 4.52. The first-order chi connectivity index (χ1) is 13.4. The van der Waals surface area contributed by atoms with Crippen molar-refractivity contribution in [1.82, 2.24) is 4.90 Å². The van der Waals surface area contributed by atoms with E-state index in [0.29, 0.717) is 29.2 Å². The minimum atomic E-state index is -0.538. The second-order valence-electron chi connectivity index (χ2n) is 7.35. The number of hydrogen-bond acceptors (Lipinski definition) is 4. The first kappa shape index (κ1) is 20.3. The Morgan fingerprint density at radius 2 is 2.07 bits per heavy atom. The van der Waals surface area contributed by atoms with Gasteiger partial charge >= 0.3 is 0 Å². The lowest BCUT2D eigenvalue weighted by Crippen LogP contribution is -2.49. The van der Waals surface area contributed by atoms with Gasteiger partial charge in [0, 0.05) is 25.3 Å². The number of nitrogens with zero attached hydrogens (tertiary/aromatic N) is 2. The van der Waals surface area contributed by atoms with E-state index in [1.54, 1.807) is 23.1 Å². The van der Waals surface area contributed by atoms with E-state index < -0.39 is 6.04 Å².